The molecule has 2 rings (SSSR count). The van der Waals surface area contributed by atoms with E-state index in [0.29, 0.717) is 0 Å². The molecule has 0 amide bonds. The third kappa shape index (κ3) is 2.92. The van der Waals surface area contributed by atoms with Crippen molar-refractivity contribution in [3.05, 3.63) is 64.0 Å². The van der Waals surface area contributed by atoms with Crippen molar-refractivity contribution < 1.29 is 14.5 Å². The van der Waals surface area contributed by atoms with Crippen LogP contribution in [-0.4, -0.2) is 15.9 Å². The first kappa shape index (κ1) is 12.7. The van der Waals surface area contributed by atoms with Crippen LogP contribution in [0.3, 0.4) is 0 Å². The fourth-order valence-electron chi connectivity index (χ4n) is 1.48. The molecule has 0 aliphatic rings. The third-order valence-corrected chi connectivity index (χ3v) is 2.42. The summed E-state index contributed by atoms with van der Waals surface area (Å²) < 4.78 is 5.04. The molecular formula is C13H10N2O4. The Morgan fingerprint density at radius 1 is 1.26 bits per heavy atom. The fraction of sp³-hybridized carbons (Fsp3) is 0.0769. The van der Waals surface area contributed by atoms with Crippen LogP contribution >= 0.6 is 0 Å². The Labute approximate surface area is 108 Å². The fourth-order valence-corrected chi connectivity index (χ4v) is 1.48. The van der Waals surface area contributed by atoms with Crippen molar-refractivity contribution in [1.82, 2.24) is 4.98 Å². The Balaban J connectivity index is 2.25. The number of hydrogen-bond donors (Lipinski definition) is 0. The van der Waals surface area contributed by atoms with E-state index in [9.17, 15) is 14.9 Å². The number of esters is 1. The summed E-state index contributed by atoms with van der Waals surface area (Å²) in [5.41, 5.74) is 0.408. The second-order valence-corrected chi connectivity index (χ2v) is 3.80. The highest BCUT2D eigenvalue weighted by molar-refractivity contribution is 5.95. The second kappa shape index (κ2) is 5.26. The van der Waals surface area contributed by atoms with Crippen LogP contribution in [0.25, 0.3) is 0 Å². The topological polar surface area (TPSA) is 82.3 Å². The smallest absolute Gasteiger partial charge is 0.350 e. The first-order chi connectivity index (χ1) is 9.08. The van der Waals surface area contributed by atoms with E-state index in [4.69, 9.17) is 4.74 Å². The lowest BCUT2D eigenvalue weighted by atomic mass is 10.2. The molecule has 0 radical (unpaired) electrons. The monoisotopic (exact) mass is 258 g/mol. The number of ether oxygens (including phenoxy) is 1. The maximum atomic E-state index is 11.9. The lowest BCUT2D eigenvalue weighted by Gasteiger charge is -2.04. The predicted molar refractivity (Wildman–Crippen MR) is 67.0 cm³/mol. The van der Waals surface area contributed by atoms with Gasteiger partial charge in [-0.05, 0) is 25.1 Å². The highest BCUT2D eigenvalue weighted by Crippen LogP contribution is 2.20. The molecule has 0 N–H and O–H groups in total. The molecule has 96 valence electrons. The second-order valence-electron chi connectivity index (χ2n) is 3.80. The van der Waals surface area contributed by atoms with Gasteiger partial charge in [-0.1, -0.05) is 12.1 Å². The average molecular weight is 258 g/mol. The standard InChI is InChI=1S/C13H10N2O4/c1-9-6-7-10(8-14-9)19-13(16)11-4-2-3-5-12(11)15(17)18/h2-8H,1H3. The summed E-state index contributed by atoms with van der Waals surface area (Å²) in [6.07, 6.45) is 1.39. The first-order valence-corrected chi connectivity index (χ1v) is 5.46. The summed E-state index contributed by atoms with van der Waals surface area (Å²) in [5, 5.41) is 10.8. The van der Waals surface area contributed by atoms with Crippen LogP contribution in [0.15, 0.2) is 42.6 Å². The Morgan fingerprint density at radius 2 is 2.00 bits per heavy atom. The Hall–Kier alpha value is -2.76. The number of carbonyl (C=O) groups excluding carboxylic acids is 1. The van der Waals surface area contributed by atoms with Gasteiger partial charge in [-0.2, -0.15) is 0 Å². The first-order valence-electron chi connectivity index (χ1n) is 5.46. The van der Waals surface area contributed by atoms with Gasteiger partial charge in [0.15, 0.2) is 0 Å². The van der Waals surface area contributed by atoms with E-state index in [1.165, 1.54) is 30.5 Å². The Bertz CT molecular complexity index is 623. The molecule has 0 bridgehead atoms. The van der Waals surface area contributed by atoms with Gasteiger partial charge in [0.1, 0.15) is 11.3 Å². The van der Waals surface area contributed by atoms with E-state index < -0.39 is 10.9 Å². The molecule has 0 unspecified atom stereocenters. The van der Waals surface area contributed by atoms with Crippen LogP contribution in [0.4, 0.5) is 5.69 Å². The maximum Gasteiger partial charge on any atom is 0.350 e. The number of hydrogen-bond acceptors (Lipinski definition) is 5. The predicted octanol–water partition coefficient (Wildman–Crippen LogP) is 2.52. The maximum absolute atomic E-state index is 11.9. The lowest BCUT2D eigenvalue weighted by Crippen LogP contribution is -2.11. The summed E-state index contributed by atoms with van der Waals surface area (Å²) in [6.45, 7) is 1.80. The Kier molecular flexibility index (Phi) is 3.51. The molecule has 6 heteroatoms. The normalized spacial score (nSPS) is 9.95. The molecule has 0 aliphatic carbocycles. The van der Waals surface area contributed by atoms with E-state index in [1.54, 1.807) is 19.1 Å². The Morgan fingerprint density at radius 3 is 2.63 bits per heavy atom. The largest absolute Gasteiger partial charge is 0.421 e. The zero-order valence-electron chi connectivity index (χ0n) is 10.1. The molecule has 19 heavy (non-hydrogen) atoms. The van der Waals surface area contributed by atoms with Gasteiger partial charge < -0.3 is 4.74 Å². The molecule has 6 nitrogen and oxygen atoms in total. The number of aromatic nitrogens is 1. The number of carbonyl (C=O) groups is 1. The van der Waals surface area contributed by atoms with E-state index in [0.717, 1.165) is 5.69 Å². The van der Waals surface area contributed by atoms with Gasteiger partial charge >= 0.3 is 5.97 Å². The van der Waals surface area contributed by atoms with Crippen molar-refractivity contribution >= 4 is 11.7 Å². The number of aryl methyl sites for hydroxylation is 1. The number of pyridine rings is 1. The van der Waals surface area contributed by atoms with E-state index in [1.807, 2.05) is 0 Å². The van der Waals surface area contributed by atoms with Gasteiger partial charge in [-0.25, -0.2) is 4.79 Å². The zero-order valence-corrected chi connectivity index (χ0v) is 10.1. The van der Waals surface area contributed by atoms with E-state index in [2.05, 4.69) is 4.98 Å². The molecule has 0 atom stereocenters. The number of nitro groups is 1. The van der Waals surface area contributed by atoms with E-state index in [-0.39, 0.29) is 17.0 Å². The van der Waals surface area contributed by atoms with Crippen LogP contribution in [0.2, 0.25) is 0 Å². The summed E-state index contributed by atoms with van der Waals surface area (Å²) in [4.78, 5) is 26.0. The van der Waals surface area contributed by atoms with E-state index >= 15 is 0 Å². The van der Waals surface area contributed by atoms with Gasteiger partial charge in [0.25, 0.3) is 5.69 Å². The highest BCUT2D eigenvalue weighted by Gasteiger charge is 2.20. The minimum Gasteiger partial charge on any atom is -0.421 e. The highest BCUT2D eigenvalue weighted by atomic mass is 16.6. The van der Waals surface area contributed by atoms with Crippen molar-refractivity contribution in [2.24, 2.45) is 0 Å². The summed E-state index contributed by atoms with van der Waals surface area (Å²) in [6, 6.07) is 8.89. The SMILES string of the molecule is Cc1ccc(OC(=O)c2ccccc2[N+](=O)[O-])cn1. The van der Waals surface area contributed by atoms with Gasteiger partial charge in [0, 0.05) is 11.8 Å². The number of benzene rings is 1. The average Bonchev–Trinajstić information content (AvgIpc) is 2.41. The van der Waals surface area contributed by atoms with Crippen LogP contribution in [0, 0.1) is 17.0 Å². The number of nitrogens with zero attached hydrogens (tertiary/aromatic N) is 2. The van der Waals surface area contributed by atoms with Gasteiger partial charge in [-0.15, -0.1) is 0 Å². The molecule has 1 aromatic carbocycles. The molecule has 0 fully saturated rings. The zero-order chi connectivity index (χ0) is 13.8. The number of nitro benzene ring substituents is 1. The minimum atomic E-state index is -0.780. The third-order valence-electron chi connectivity index (χ3n) is 2.42. The molecule has 0 aliphatic heterocycles. The molecular weight excluding hydrogens is 248 g/mol. The molecule has 0 spiro atoms. The molecule has 0 saturated carbocycles. The van der Waals surface area contributed by atoms with Crippen LogP contribution in [-0.2, 0) is 0 Å². The quantitative estimate of drug-likeness (QED) is 0.480. The van der Waals surface area contributed by atoms with Crippen molar-refractivity contribution in [2.45, 2.75) is 6.92 Å². The van der Waals surface area contributed by atoms with Gasteiger partial charge in [0.05, 0.1) is 11.1 Å². The molecule has 0 saturated heterocycles. The summed E-state index contributed by atoms with van der Waals surface area (Å²) >= 11 is 0. The summed E-state index contributed by atoms with van der Waals surface area (Å²) in [7, 11) is 0. The van der Waals surface area contributed by atoms with Crippen molar-refractivity contribution in [3.63, 3.8) is 0 Å². The van der Waals surface area contributed by atoms with Crippen LogP contribution < -0.4 is 4.74 Å². The van der Waals surface area contributed by atoms with Gasteiger partial charge in [0.2, 0.25) is 0 Å². The van der Waals surface area contributed by atoms with Crippen molar-refractivity contribution in [1.29, 1.82) is 0 Å². The van der Waals surface area contributed by atoms with Gasteiger partial charge in [-0.3, -0.25) is 15.1 Å². The molecule has 1 heterocycles. The van der Waals surface area contributed by atoms with Crippen molar-refractivity contribution in [2.75, 3.05) is 0 Å². The number of rotatable bonds is 3. The number of para-hydroxylation sites is 1. The minimum absolute atomic E-state index is 0.0897. The van der Waals surface area contributed by atoms with Crippen LogP contribution in [0.5, 0.6) is 5.75 Å². The molecule has 1 aromatic heterocycles. The van der Waals surface area contributed by atoms with Crippen LogP contribution in [0.1, 0.15) is 16.1 Å². The molecule has 2 aromatic rings. The summed E-state index contributed by atoms with van der Waals surface area (Å²) in [5.74, 6) is -0.535. The van der Waals surface area contributed by atoms with Crippen molar-refractivity contribution in [3.8, 4) is 5.75 Å². The lowest BCUT2D eigenvalue weighted by molar-refractivity contribution is -0.385.